The Morgan fingerprint density at radius 1 is 1.12 bits per heavy atom. The average Bonchev–Trinajstić information content (AvgIpc) is 2.28. The lowest BCUT2D eigenvalue weighted by Gasteiger charge is -2.35. The van der Waals surface area contributed by atoms with E-state index in [1.165, 1.54) is 5.56 Å². The standard InChI is InChI=1S/C14H17NO2/c1-3-14(8-12(16)15-13(17)9-14)11-6-4-10(2)5-7-11/h4-7H,3,8-9H2,1-2H3,(H,15,16,17). The molecule has 0 bridgehead atoms. The molecule has 0 spiro atoms. The van der Waals surface area contributed by atoms with Gasteiger partial charge in [0.25, 0.3) is 0 Å². The van der Waals surface area contributed by atoms with Gasteiger partial charge in [0.1, 0.15) is 0 Å². The fraction of sp³-hybridized carbons (Fsp3) is 0.429. The van der Waals surface area contributed by atoms with Crippen LogP contribution in [0.25, 0.3) is 0 Å². The summed E-state index contributed by atoms with van der Waals surface area (Å²) in [6.07, 6.45) is 1.60. The maximum Gasteiger partial charge on any atom is 0.227 e. The molecule has 0 unspecified atom stereocenters. The Morgan fingerprint density at radius 2 is 1.65 bits per heavy atom. The van der Waals surface area contributed by atoms with Crippen LogP contribution in [0.15, 0.2) is 24.3 Å². The number of imide groups is 1. The minimum atomic E-state index is -0.312. The zero-order valence-corrected chi connectivity index (χ0v) is 10.2. The van der Waals surface area contributed by atoms with Gasteiger partial charge in [-0.25, -0.2) is 0 Å². The number of rotatable bonds is 2. The second kappa shape index (κ2) is 4.32. The average molecular weight is 231 g/mol. The SMILES string of the molecule is CCC1(c2ccc(C)cc2)CC(=O)NC(=O)C1. The van der Waals surface area contributed by atoms with Crippen LogP contribution in [0, 0.1) is 6.92 Å². The number of carbonyl (C=O) groups is 2. The molecule has 0 radical (unpaired) electrons. The van der Waals surface area contributed by atoms with Crippen molar-refractivity contribution >= 4 is 11.8 Å². The van der Waals surface area contributed by atoms with Crippen molar-refractivity contribution in [3.63, 3.8) is 0 Å². The lowest BCUT2D eigenvalue weighted by molar-refractivity contribution is -0.135. The summed E-state index contributed by atoms with van der Waals surface area (Å²) in [6, 6.07) is 8.13. The Hall–Kier alpha value is -1.64. The third-order valence-corrected chi connectivity index (χ3v) is 3.62. The first-order valence-corrected chi connectivity index (χ1v) is 5.95. The molecule has 3 nitrogen and oxygen atoms in total. The first kappa shape index (κ1) is 11.8. The predicted molar refractivity (Wildman–Crippen MR) is 65.5 cm³/mol. The Bertz CT molecular complexity index is 432. The molecule has 1 heterocycles. The molecule has 90 valence electrons. The maximum absolute atomic E-state index is 11.6. The number of hydrogen-bond donors (Lipinski definition) is 1. The van der Waals surface area contributed by atoms with Crippen molar-refractivity contribution in [1.29, 1.82) is 0 Å². The van der Waals surface area contributed by atoms with Gasteiger partial charge < -0.3 is 0 Å². The smallest absolute Gasteiger partial charge is 0.227 e. The van der Waals surface area contributed by atoms with Crippen molar-refractivity contribution < 1.29 is 9.59 Å². The van der Waals surface area contributed by atoms with E-state index in [1.807, 2.05) is 38.1 Å². The lowest BCUT2D eigenvalue weighted by Crippen LogP contribution is -2.46. The molecule has 1 aromatic carbocycles. The Kier molecular flexibility index (Phi) is 3.01. The summed E-state index contributed by atoms with van der Waals surface area (Å²) in [5.41, 5.74) is 1.97. The minimum Gasteiger partial charge on any atom is -0.296 e. The molecule has 2 amide bonds. The molecule has 1 saturated heterocycles. The normalized spacial score (nSPS) is 18.9. The molecule has 0 saturated carbocycles. The summed E-state index contributed by atoms with van der Waals surface area (Å²) in [6.45, 7) is 4.06. The van der Waals surface area contributed by atoms with Crippen LogP contribution in [0.1, 0.15) is 37.3 Å². The number of benzene rings is 1. The summed E-state index contributed by atoms with van der Waals surface area (Å²) in [5, 5.41) is 2.37. The van der Waals surface area contributed by atoms with Gasteiger partial charge in [-0.3, -0.25) is 14.9 Å². The third kappa shape index (κ3) is 2.23. The maximum atomic E-state index is 11.6. The van der Waals surface area contributed by atoms with Crippen LogP contribution in [0.3, 0.4) is 0 Å². The van der Waals surface area contributed by atoms with Crippen LogP contribution in [0.5, 0.6) is 0 Å². The molecule has 1 fully saturated rings. The van der Waals surface area contributed by atoms with Crippen LogP contribution in [-0.4, -0.2) is 11.8 Å². The van der Waals surface area contributed by atoms with Crippen molar-refractivity contribution in [3.05, 3.63) is 35.4 Å². The second-order valence-electron chi connectivity index (χ2n) is 4.82. The topological polar surface area (TPSA) is 46.2 Å². The number of carbonyl (C=O) groups excluding carboxylic acids is 2. The summed E-state index contributed by atoms with van der Waals surface area (Å²) < 4.78 is 0. The van der Waals surface area contributed by atoms with Gasteiger partial charge in [0.15, 0.2) is 0 Å². The zero-order chi connectivity index (χ0) is 12.5. The molecule has 0 aliphatic carbocycles. The molecular weight excluding hydrogens is 214 g/mol. The molecule has 0 atom stereocenters. The van der Waals surface area contributed by atoms with Crippen molar-refractivity contribution in [2.75, 3.05) is 0 Å². The van der Waals surface area contributed by atoms with Crippen LogP contribution >= 0.6 is 0 Å². The van der Waals surface area contributed by atoms with Crippen molar-refractivity contribution in [1.82, 2.24) is 5.32 Å². The van der Waals surface area contributed by atoms with Gasteiger partial charge >= 0.3 is 0 Å². The lowest BCUT2D eigenvalue weighted by atomic mass is 9.71. The van der Waals surface area contributed by atoms with Crippen LogP contribution < -0.4 is 5.32 Å². The molecular formula is C14H17NO2. The fourth-order valence-corrected chi connectivity index (χ4v) is 2.49. The molecule has 2 rings (SSSR count). The number of piperidine rings is 1. The summed E-state index contributed by atoms with van der Waals surface area (Å²) in [7, 11) is 0. The zero-order valence-electron chi connectivity index (χ0n) is 10.2. The van der Waals surface area contributed by atoms with Gasteiger partial charge in [-0.15, -0.1) is 0 Å². The van der Waals surface area contributed by atoms with Gasteiger partial charge in [-0.2, -0.15) is 0 Å². The Morgan fingerprint density at radius 3 is 2.12 bits per heavy atom. The number of hydrogen-bond acceptors (Lipinski definition) is 2. The monoisotopic (exact) mass is 231 g/mol. The summed E-state index contributed by atoms with van der Waals surface area (Å²) in [4.78, 5) is 23.1. The van der Waals surface area contributed by atoms with Crippen molar-refractivity contribution in [3.8, 4) is 0 Å². The highest BCUT2D eigenvalue weighted by atomic mass is 16.2. The van der Waals surface area contributed by atoms with Gasteiger partial charge in [0, 0.05) is 18.3 Å². The highest BCUT2D eigenvalue weighted by molar-refractivity contribution is 5.99. The third-order valence-electron chi connectivity index (χ3n) is 3.62. The molecule has 3 heteroatoms. The Labute approximate surface area is 101 Å². The van der Waals surface area contributed by atoms with Crippen LogP contribution in [-0.2, 0) is 15.0 Å². The summed E-state index contributed by atoms with van der Waals surface area (Å²) >= 11 is 0. The van der Waals surface area contributed by atoms with Crippen molar-refractivity contribution in [2.24, 2.45) is 0 Å². The molecule has 17 heavy (non-hydrogen) atoms. The second-order valence-corrected chi connectivity index (χ2v) is 4.82. The fourth-order valence-electron chi connectivity index (χ4n) is 2.49. The van der Waals surface area contributed by atoms with E-state index in [9.17, 15) is 9.59 Å². The van der Waals surface area contributed by atoms with E-state index in [0.717, 1.165) is 12.0 Å². The van der Waals surface area contributed by atoms with Crippen molar-refractivity contribution in [2.45, 2.75) is 38.5 Å². The van der Waals surface area contributed by atoms with E-state index in [0.29, 0.717) is 12.8 Å². The molecule has 1 aromatic rings. The summed E-state index contributed by atoms with van der Waals surface area (Å²) in [5.74, 6) is -0.327. The van der Waals surface area contributed by atoms with E-state index >= 15 is 0 Å². The highest BCUT2D eigenvalue weighted by Gasteiger charge is 2.39. The van der Waals surface area contributed by atoms with E-state index < -0.39 is 0 Å². The van der Waals surface area contributed by atoms with Crippen LogP contribution in [0.2, 0.25) is 0 Å². The van der Waals surface area contributed by atoms with E-state index in [4.69, 9.17) is 0 Å². The first-order chi connectivity index (χ1) is 8.05. The Balaban J connectivity index is 2.39. The van der Waals surface area contributed by atoms with Gasteiger partial charge in [0.05, 0.1) is 0 Å². The molecule has 0 aromatic heterocycles. The molecule has 1 aliphatic rings. The number of nitrogens with one attached hydrogen (secondary N) is 1. The quantitative estimate of drug-likeness (QED) is 0.792. The van der Waals surface area contributed by atoms with E-state index in [1.54, 1.807) is 0 Å². The van der Waals surface area contributed by atoms with Gasteiger partial charge in [-0.05, 0) is 18.9 Å². The first-order valence-electron chi connectivity index (χ1n) is 5.95. The molecule has 1 aliphatic heterocycles. The van der Waals surface area contributed by atoms with E-state index in [2.05, 4.69) is 5.32 Å². The number of amides is 2. The van der Waals surface area contributed by atoms with E-state index in [-0.39, 0.29) is 17.2 Å². The van der Waals surface area contributed by atoms with Gasteiger partial charge in [0.2, 0.25) is 11.8 Å². The largest absolute Gasteiger partial charge is 0.296 e. The predicted octanol–water partition coefficient (Wildman–Crippen LogP) is 2.08. The number of aryl methyl sites for hydroxylation is 1. The van der Waals surface area contributed by atoms with Crippen LogP contribution in [0.4, 0.5) is 0 Å². The highest BCUT2D eigenvalue weighted by Crippen LogP contribution is 2.37. The molecule has 1 N–H and O–H groups in total. The van der Waals surface area contributed by atoms with Gasteiger partial charge in [-0.1, -0.05) is 36.8 Å². The minimum absolute atomic E-state index is 0.163.